The lowest BCUT2D eigenvalue weighted by atomic mass is 9.87. The van der Waals surface area contributed by atoms with Gasteiger partial charge < -0.3 is 14.5 Å². The zero-order chi connectivity index (χ0) is 13.0. The zero-order valence-corrected chi connectivity index (χ0v) is 11.1. The molecule has 0 spiro atoms. The molecule has 0 bridgehead atoms. The van der Waals surface area contributed by atoms with Gasteiger partial charge in [-0.2, -0.15) is 0 Å². The van der Waals surface area contributed by atoms with Crippen molar-refractivity contribution in [1.29, 1.82) is 0 Å². The van der Waals surface area contributed by atoms with E-state index in [0.29, 0.717) is 18.3 Å². The van der Waals surface area contributed by atoms with E-state index in [4.69, 9.17) is 4.42 Å². The number of carbonyl (C=O) groups is 1. The van der Waals surface area contributed by atoms with E-state index in [1.54, 1.807) is 0 Å². The molecule has 0 aliphatic heterocycles. The Morgan fingerprint density at radius 2 is 2.17 bits per heavy atom. The summed E-state index contributed by atoms with van der Waals surface area (Å²) in [5.41, 5.74) is 0.875. The van der Waals surface area contributed by atoms with E-state index in [1.807, 2.05) is 6.07 Å². The summed E-state index contributed by atoms with van der Waals surface area (Å²) in [4.78, 5) is 11.4. The van der Waals surface area contributed by atoms with Crippen molar-refractivity contribution in [3.05, 3.63) is 23.7 Å². The first-order valence-corrected chi connectivity index (χ1v) is 6.58. The maximum Gasteiger partial charge on any atom is 0.374 e. The molecule has 1 aliphatic carbocycles. The standard InChI is InChI=1S/C14H21NO3/c1-10-3-5-12(6-4-10)15-9-11-7-8-18-13(11)14(16)17-2/h7-8,10,12,15H,3-6,9H2,1-2H3. The van der Waals surface area contributed by atoms with Crippen molar-refractivity contribution < 1.29 is 13.9 Å². The van der Waals surface area contributed by atoms with E-state index in [0.717, 1.165) is 11.5 Å². The van der Waals surface area contributed by atoms with Crippen LogP contribution in [0.1, 0.15) is 48.7 Å². The Hall–Kier alpha value is -1.29. The molecular formula is C14H21NO3. The first-order valence-electron chi connectivity index (χ1n) is 6.58. The molecule has 100 valence electrons. The van der Waals surface area contributed by atoms with Crippen LogP contribution < -0.4 is 5.32 Å². The van der Waals surface area contributed by atoms with Crippen molar-refractivity contribution in [1.82, 2.24) is 5.32 Å². The number of hydrogen-bond acceptors (Lipinski definition) is 4. The highest BCUT2D eigenvalue weighted by Gasteiger charge is 2.20. The predicted octanol–water partition coefficient (Wildman–Crippen LogP) is 2.73. The minimum Gasteiger partial charge on any atom is -0.463 e. The highest BCUT2D eigenvalue weighted by Crippen LogP contribution is 2.24. The summed E-state index contributed by atoms with van der Waals surface area (Å²) in [6, 6.07) is 2.38. The number of ether oxygens (including phenoxy) is 1. The Morgan fingerprint density at radius 1 is 1.44 bits per heavy atom. The van der Waals surface area contributed by atoms with Crippen molar-refractivity contribution in [2.24, 2.45) is 5.92 Å². The lowest BCUT2D eigenvalue weighted by Crippen LogP contribution is -2.32. The Bertz CT molecular complexity index is 391. The molecule has 1 aromatic rings. The van der Waals surface area contributed by atoms with E-state index in [1.165, 1.54) is 39.1 Å². The van der Waals surface area contributed by atoms with Crippen LogP contribution in [-0.4, -0.2) is 19.1 Å². The van der Waals surface area contributed by atoms with Crippen LogP contribution in [-0.2, 0) is 11.3 Å². The molecule has 4 heteroatoms. The molecule has 0 amide bonds. The molecule has 4 nitrogen and oxygen atoms in total. The van der Waals surface area contributed by atoms with Gasteiger partial charge >= 0.3 is 5.97 Å². The molecule has 1 heterocycles. The maximum atomic E-state index is 11.4. The van der Waals surface area contributed by atoms with Crippen LogP contribution in [0.3, 0.4) is 0 Å². The monoisotopic (exact) mass is 251 g/mol. The van der Waals surface area contributed by atoms with E-state index in [-0.39, 0.29) is 0 Å². The van der Waals surface area contributed by atoms with Gasteiger partial charge in [0.05, 0.1) is 13.4 Å². The molecule has 2 rings (SSSR count). The molecule has 0 atom stereocenters. The third kappa shape index (κ3) is 3.13. The summed E-state index contributed by atoms with van der Waals surface area (Å²) in [7, 11) is 1.37. The maximum absolute atomic E-state index is 11.4. The summed E-state index contributed by atoms with van der Waals surface area (Å²) < 4.78 is 9.84. The summed E-state index contributed by atoms with van der Waals surface area (Å²) in [6.07, 6.45) is 6.53. The van der Waals surface area contributed by atoms with Crippen molar-refractivity contribution >= 4 is 5.97 Å². The predicted molar refractivity (Wildman–Crippen MR) is 68.3 cm³/mol. The van der Waals surface area contributed by atoms with Gasteiger partial charge in [0, 0.05) is 18.2 Å². The molecule has 1 aromatic heterocycles. The first kappa shape index (κ1) is 13.1. The minimum absolute atomic E-state index is 0.314. The molecule has 0 unspecified atom stereocenters. The van der Waals surface area contributed by atoms with Gasteiger partial charge in [-0.1, -0.05) is 6.92 Å². The molecular weight excluding hydrogens is 230 g/mol. The first-order chi connectivity index (χ1) is 8.70. The second-order valence-electron chi connectivity index (χ2n) is 5.10. The average Bonchev–Trinajstić information content (AvgIpc) is 2.85. The quantitative estimate of drug-likeness (QED) is 0.836. The fraction of sp³-hybridized carbons (Fsp3) is 0.643. The third-order valence-corrected chi connectivity index (χ3v) is 3.71. The van der Waals surface area contributed by atoms with Crippen molar-refractivity contribution in [3.63, 3.8) is 0 Å². The summed E-state index contributed by atoms with van der Waals surface area (Å²) in [5, 5.41) is 3.50. The van der Waals surface area contributed by atoms with Crippen molar-refractivity contribution in [3.8, 4) is 0 Å². The highest BCUT2D eigenvalue weighted by atomic mass is 16.5. The van der Waals surface area contributed by atoms with Crippen molar-refractivity contribution in [2.45, 2.75) is 45.2 Å². The molecule has 0 radical (unpaired) electrons. The Morgan fingerprint density at radius 3 is 2.83 bits per heavy atom. The van der Waals surface area contributed by atoms with Crippen molar-refractivity contribution in [2.75, 3.05) is 7.11 Å². The zero-order valence-electron chi connectivity index (χ0n) is 11.1. The fourth-order valence-corrected chi connectivity index (χ4v) is 2.47. The minimum atomic E-state index is -0.408. The van der Waals surface area contributed by atoms with Gasteiger partial charge in [-0.3, -0.25) is 0 Å². The highest BCUT2D eigenvalue weighted by molar-refractivity contribution is 5.87. The van der Waals surface area contributed by atoms with Gasteiger partial charge in [0.1, 0.15) is 0 Å². The van der Waals surface area contributed by atoms with Crippen LogP contribution in [0.5, 0.6) is 0 Å². The number of nitrogens with one attached hydrogen (secondary N) is 1. The van der Waals surface area contributed by atoms with Crippen LogP contribution in [0, 0.1) is 5.92 Å². The molecule has 1 N–H and O–H groups in total. The number of esters is 1. The third-order valence-electron chi connectivity index (χ3n) is 3.71. The molecule has 18 heavy (non-hydrogen) atoms. The fourth-order valence-electron chi connectivity index (χ4n) is 2.47. The smallest absolute Gasteiger partial charge is 0.374 e. The van der Waals surface area contributed by atoms with Crippen LogP contribution in [0.15, 0.2) is 16.7 Å². The average molecular weight is 251 g/mol. The normalized spacial score (nSPS) is 23.9. The molecule has 0 saturated heterocycles. The largest absolute Gasteiger partial charge is 0.463 e. The van der Waals surface area contributed by atoms with Crippen LogP contribution in [0.2, 0.25) is 0 Å². The number of methoxy groups -OCH3 is 1. The Labute approximate surface area is 108 Å². The molecule has 0 aromatic carbocycles. The van der Waals surface area contributed by atoms with Crippen LogP contribution in [0.25, 0.3) is 0 Å². The molecule has 1 saturated carbocycles. The topological polar surface area (TPSA) is 51.5 Å². The van der Waals surface area contributed by atoms with Crippen LogP contribution in [0.4, 0.5) is 0 Å². The second-order valence-corrected chi connectivity index (χ2v) is 5.10. The van der Waals surface area contributed by atoms with E-state index >= 15 is 0 Å². The number of rotatable bonds is 4. The van der Waals surface area contributed by atoms with Gasteiger partial charge in [0.15, 0.2) is 0 Å². The van der Waals surface area contributed by atoms with E-state index < -0.39 is 5.97 Å². The number of hydrogen-bond donors (Lipinski definition) is 1. The van der Waals surface area contributed by atoms with Gasteiger partial charge in [-0.15, -0.1) is 0 Å². The summed E-state index contributed by atoms with van der Waals surface area (Å²) >= 11 is 0. The van der Waals surface area contributed by atoms with Gasteiger partial charge in [-0.05, 0) is 37.7 Å². The van der Waals surface area contributed by atoms with Crippen LogP contribution >= 0.6 is 0 Å². The number of furan rings is 1. The Balaban J connectivity index is 1.87. The van der Waals surface area contributed by atoms with E-state index in [2.05, 4.69) is 17.0 Å². The van der Waals surface area contributed by atoms with Gasteiger partial charge in [-0.25, -0.2) is 4.79 Å². The Kier molecular flexibility index (Phi) is 4.42. The SMILES string of the molecule is COC(=O)c1occc1CNC1CCC(C)CC1. The van der Waals surface area contributed by atoms with E-state index in [9.17, 15) is 4.79 Å². The summed E-state index contributed by atoms with van der Waals surface area (Å²) in [6.45, 7) is 2.97. The number of carbonyl (C=O) groups excluding carboxylic acids is 1. The second kappa shape index (κ2) is 6.05. The lowest BCUT2D eigenvalue weighted by Gasteiger charge is -2.26. The molecule has 1 fully saturated rings. The van der Waals surface area contributed by atoms with Gasteiger partial charge in [0.2, 0.25) is 5.76 Å². The van der Waals surface area contributed by atoms with Gasteiger partial charge in [0.25, 0.3) is 0 Å². The molecule has 1 aliphatic rings. The lowest BCUT2D eigenvalue weighted by molar-refractivity contribution is 0.0563. The summed E-state index contributed by atoms with van der Waals surface area (Å²) in [5.74, 6) is 0.755.